The van der Waals surface area contributed by atoms with Gasteiger partial charge < -0.3 is 20.3 Å². The molecule has 2 aromatic carbocycles. The molecule has 0 atom stereocenters. The van der Waals surface area contributed by atoms with Crippen LogP contribution in [0.25, 0.3) is 0 Å². The van der Waals surface area contributed by atoms with Gasteiger partial charge in [-0.2, -0.15) is 13.2 Å². The van der Waals surface area contributed by atoms with Crippen molar-refractivity contribution in [1.82, 2.24) is 5.32 Å². The van der Waals surface area contributed by atoms with E-state index in [9.17, 15) is 27.2 Å². The van der Waals surface area contributed by atoms with Crippen molar-refractivity contribution in [1.29, 1.82) is 0 Å². The molecule has 0 saturated carbocycles. The predicted molar refractivity (Wildman–Crippen MR) is 116 cm³/mol. The highest BCUT2D eigenvalue weighted by atomic mass is 33.1. The maximum absolute atomic E-state index is 13.1. The molecule has 0 aliphatic carbocycles. The molecule has 2 aromatic rings. The van der Waals surface area contributed by atoms with E-state index < -0.39 is 18.1 Å². The Bertz CT molecular complexity index is 926. The van der Waals surface area contributed by atoms with Gasteiger partial charge in [0, 0.05) is 29.7 Å². The van der Waals surface area contributed by atoms with Gasteiger partial charge in [0.05, 0.1) is 6.42 Å². The van der Waals surface area contributed by atoms with Gasteiger partial charge in [0.1, 0.15) is 17.3 Å². The molecule has 180 valence electrons. The van der Waals surface area contributed by atoms with Gasteiger partial charge in [-0.05, 0) is 36.4 Å². The molecule has 0 unspecified atom stereocenters. The Labute approximate surface area is 193 Å². The van der Waals surface area contributed by atoms with E-state index in [4.69, 9.17) is 19.7 Å². The van der Waals surface area contributed by atoms with Crippen LogP contribution in [-0.4, -0.2) is 52.3 Å². The first-order valence-electron chi connectivity index (χ1n) is 9.07. The van der Waals surface area contributed by atoms with Crippen molar-refractivity contribution in [3.8, 4) is 11.5 Å². The Morgan fingerprint density at radius 3 is 2.09 bits per heavy atom. The maximum atomic E-state index is 13.1. The number of rotatable bonds is 10. The van der Waals surface area contributed by atoms with Gasteiger partial charge in [-0.3, -0.25) is 9.59 Å². The molecule has 0 spiro atoms. The number of benzene rings is 2. The predicted octanol–water partition coefficient (Wildman–Crippen LogP) is 4.84. The summed E-state index contributed by atoms with van der Waals surface area (Å²) in [6.45, 7) is 0.491. The number of nitrogens with one attached hydrogen (secondary N) is 1. The molecule has 0 saturated heterocycles. The van der Waals surface area contributed by atoms with E-state index in [1.165, 1.54) is 33.7 Å². The Morgan fingerprint density at radius 2 is 1.55 bits per heavy atom. The number of hydrogen-bond donors (Lipinski definition) is 3. The minimum absolute atomic E-state index is 0.133. The first-order valence-corrected chi connectivity index (χ1v) is 11.6. The number of ether oxygens (including phenoxy) is 1. The van der Waals surface area contributed by atoms with Crippen LogP contribution in [0.3, 0.4) is 0 Å². The van der Waals surface area contributed by atoms with E-state index in [1.807, 2.05) is 0 Å². The van der Waals surface area contributed by atoms with Gasteiger partial charge in [-0.1, -0.05) is 27.7 Å². The molecule has 1 amide bonds. The average molecular weight is 509 g/mol. The third-order valence-electron chi connectivity index (χ3n) is 3.34. The second-order valence-electron chi connectivity index (χ2n) is 5.93. The summed E-state index contributed by atoms with van der Waals surface area (Å²) in [7, 11) is 3.00. The zero-order valence-corrected chi connectivity index (χ0v) is 18.4. The Balaban J connectivity index is 0.000000675. The minimum atomic E-state index is -5.08. The number of carboxylic acids is 2. The van der Waals surface area contributed by atoms with E-state index in [-0.39, 0.29) is 18.1 Å². The van der Waals surface area contributed by atoms with Crippen molar-refractivity contribution in [2.75, 3.05) is 18.1 Å². The van der Waals surface area contributed by atoms with Crippen LogP contribution in [0, 0.1) is 5.82 Å². The normalized spacial score (nSPS) is 10.5. The first kappa shape index (κ1) is 28.1. The molecule has 0 aliphatic heterocycles. The standard InChI is InChI=1S/C18H18FNO4S2.C2HF3O2/c19-14-2-1-3-16(12-14)24-15-6-4-13(5-7-15)18(23)20-9-11-26-25-10-8-17(21)22;3-2(4,5)1(6)7/h1-7,12H,8-11H2,(H,20,23)(H,21,22);(H,6,7). The zero-order valence-electron chi connectivity index (χ0n) is 16.8. The fourth-order valence-electron chi connectivity index (χ4n) is 1.90. The molecule has 0 radical (unpaired) electrons. The van der Waals surface area contributed by atoms with Crippen molar-refractivity contribution in [2.24, 2.45) is 0 Å². The maximum Gasteiger partial charge on any atom is 0.490 e. The summed E-state index contributed by atoms with van der Waals surface area (Å²) in [6.07, 6.45) is -4.95. The summed E-state index contributed by atoms with van der Waals surface area (Å²) in [6, 6.07) is 12.4. The monoisotopic (exact) mass is 509 g/mol. The molecule has 33 heavy (non-hydrogen) atoms. The molecular weight excluding hydrogens is 490 g/mol. The van der Waals surface area contributed by atoms with Crippen LogP contribution >= 0.6 is 21.6 Å². The molecule has 0 aliphatic rings. The van der Waals surface area contributed by atoms with Crippen LogP contribution in [0.15, 0.2) is 48.5 Å². The number of aliphatic carboxylic acids is 2. The lowest BCUT2D eigenvalue weighted by Crippen LogP contribution is -2.25. The van der Waals surface area contributed by atoms with Crippen LogP contribution in [-0.2, 0) is 9.59 Å². The molecule has 2 rings (SSSR count). The van der Waals surface area contributed by atoms with Crippen molar-refractivity contribution in [3.05, 3.63) is 59.9 Å². The third-order valence-corrected chi connectivity index (χ3v) is 5.75. The summed E-state index contributed by atoms with van der Waals surface area (Å²) in [5.74, 6) is -2.01. The molecule has 0 aromatic heterocycles. The first-order chi connectivity index (χ1) is 15.5. The van der Waals surface area contributed by atoms with E-state index >= 15 is 0 Å². The second kappa shape index (κ2) is 14.3. The largest absolute Gasteiger partial charge is 0.490 e. The summed E-state index contributed by atoms with van der Waals surface area (Å²) < 4.78 is 50.4. The van der Waals surface area contributed by atoms with Gasteiger partial charge in [-0.25, -0.2) is 9.18 Å². The van der Waals surface area contributed by atoms with Crippen molar-refractivity contribution in [3.63, 3.8) is 0 Å². The van der Waals surface area contributed by atoms with Crippen LogP contribution in [0.4, 0.5) is 17.6 Å². The molecule has 0 fully saturated rings. The minimum Gasteiger partial charge on any atom is -0.481 e. The number of carboxylic acid groups (broad SMARTS) is 2. The van der Waals surface area contributed by atoms with E-state index in [2.05, 4.69) is 5.32 Å². The molecule has 0 heterocycles. The number of carbonyl (C=O) groups is 3. The molecule has 13 heteroatoms. The highest BCUT2D eigenvalue weighted by molar-refractivity contribution is 8.76. The molecular formula is C20H19F4NO6S2. The number of halogens is 4. The smallest absolute Gasteiger partial charge is 0.481 e. The average Bonchev–Trinajstić information content (AvgIpc) is 2.73. The molecule has 3 N–H and O–H groups in total. The summed E-state index contributed by atoms with van der Waals surface area (Å²) >= 11 is 0. The van der Waals surface area contributed by atoms with Crippen LogP contribution in [0.5, 0.6) is 11.5 Å². The quantitative estimate of drug-likeness (QED) is 0.237. The second-order valence-corrected chi connectivity index (χ2v) is 8.63. The van der Waals surface area contributed by atoms with E-state index in [1.54, 1.807) is 36.4 Å². The molecule has 0 bridgehead atoms. The summed E-state index contributed by atoms with van der Waals surface area (Å²) in [5, 5.41) is 18.4. The van der Waals surface area contributed by atoms with Gasteiger partial charge in [-0.15, -0.1) is 0 Å². The Morgan fingerprint density at radius 1 is 0.939 bits per heavy atom. The number of amides is 1. The van der Waals surface area contributed by atoms with Gasteiger partial charge in [0.25, 0.3) is 5.91 Å². The number of alkyl halides is 3. The molecule has 7 nitrogen and oxygen atoms in total. The lowest BCUT2D eigenvalue weighted by atomic mass is 10.2. The highest BCUT2D eigenvalue weighted by Gasteiger charge is 2.38. The Hall–Kier alpha value is -2.93. The van der Waals surface area contributed by atoms with Crippen molar-refractivity contribution in [2.45, 2.75) is 12.6 Å². The van der Waals surface area contributed by atoms with Crippen LogP contribution in [0.2, 0.25) is 0 Å². The fraction of sp³-hybridized carbons (Fsp3) is 0.250. The van der Waals surface area contributed by atoms with Gasteiger partial charge in [0.2, 0.25) is 0 Å². The van der Waals surface area contributed by atoms with Crippen molar-refractivity contribution >= 4 is 39.4 Å². The van der Waals surface area contributed by atoms with Gasteiger partial charge in [0.15, 0.2) is 0 Å². The van der Waals surface area contributed by atoms with E-state index in [0.29, 0.717) is 35.1 Å². The van der Waals surface area contributed by atoms with Crippen molar-refractivity contribution < 1.29 is 46.9 Å². The third kappa shape index (κ3) is 12.6. The lowest BCUT2D eigenvalue weighted by molar-refractivity contribution is -0.192. The van der Waals surface area contributed by atoms with Crippen LogP contribution < -0.4 is 10.1 Å². The SMILES string of the molecule is O=C(O)C(F)(F)F.O=C(O)CCSSCCNC(=O)c1ccc(Oc2cccc(F)c2)cc1. The van der Waals surface area contributed by atoms with Gasteiger partial charge >= 0.3 is 18.1 Å². The number of hydrogen-bond acceptors (Lipinski definition) is 6. The number of carbonyl (C=O) groups excluding carboxylic acids is 1. The topological polar surface area (TPSA) is 113 Å². The summed E-state index contributed by atoms with van der Waals surface area (Å²) in [4.78, 5) is 31.3. The van der Waals surface area contributed by atoms with E-state index in [0.717, 1.165) is 0 Å². The Kier molecular flexibility index (Phi) is 12.1. The van der Waals surface area contributed by atoms with Crippen LogP contribution in [0.1, 0.15) is 16.8 Å². The highest BCUT2D eigenvalue weighted by Crippen LogP contribution is 2.23. The summed E-state index contributed by atoms with van der Waals surface area (Å²) in [5.41, 5.74) is 0.500. The zero-order chi connectivity index (χ0) is 24.9. The lowest BCUT2D eigenvalue weighted by Gasteiger charge is -2.08. The fourth-order valence-corrected chi connectivity index (χ4v) is 3.78.